The molecule has 0 bridgehead atoms. The molecule has 1 atom stereocenters. The van der Waals surface area contributed by atoms with Gasteiger partial charge in [0, 0.05) is 31.4 Å². The van der Waals surface area contributed by atoms with Gasteiger partial charge in [-0.2, -0.15) is 0 Å². The highest BCUT2D eigenvalue weighted by Crippen LogP contribution is 2.20. The van der Waals surface area contributed by atoms with Crippen LogP contribution >= 0.6 is 0 Å². The lowest BCUT2D eigenvalue weighted by Gasteiger charge is -2.32. The number of fused-ring (bicyclic) bond motifs is 1. The fourth-order valence-electron chi connectivity index (χ4n) is 3.01. The molecule has 0 saturated heterocycles. The molecule has 2 aromatic carbocycles. The van der Waals surface area contributed by atoms with Crippen molar-refractivity contribution in [3.8, 4) is 0 Å². The molecule has 0 saturated carbocycles. The molecule has 0 aromatic heterocycles. The van der Waals surface area contributed by atoms with Gasteiger partial charge in [0.2, 0.25) is 0 Å². The molecule has 2 aromatic rings. The molecule has 1 unspecified atom stereocenters. The standard InChI is InChI=1S/C18H21FN2/c1-2-21(18-9-5-8-16(19)11-18)13-17-10-14-6-3-4-7-15(14)12-20-17/h3-9,11,17,20H,2,10,12-13H2,1H3. The van der Waals surface area contributed by atoms with Gasteiger partial charge in [0.25, 0.3) is 0 Å². The molecule has 1 aliphatic heterocycles. The first-order valence-corrected chi connectivity index (χ1v) is 7.57. The first kappa shape index (κ1) is 14.1. The van der Waals surface area contributed by atoms with Gasteiger partial charge in [0.15, 0.2) is 0 Å². The first-order valence-electron chi connectivity index (χ1n) is 7.57. The molecular formula is C18H21FN2. The normalized spacial score (nSPS) is 17.3. The van der Waals surface area contributed by atoms with Gasteiger partial charge in [-0.3, -0.25) is 0 Å². The summed E-state index contributed by atoms with van der Waals surface area (Å²) in [5.41, 5.74) is 3.78. The molecule has 1 heterocycles. The lowest BCUT2D eigenvalue weighted by atomic mass is 9.95. The number of nitrogens with zero attached hydrogens (tertiary/aromatic N) is 1. The van der Waals surface area contributed by atoms with Crippen LogP contribution < -0.4 is 10.2 Å². The predicted molar refractivity (Wildman–Crippen MR) is 85.1 cm³/mol. The van der Waals surface area contributed by atoms with E-state index < -0.39 is 0 Å². The highest BCUT2D eigenvalue weighted by Gasteiger charge is 2.19. The number of hydrogen-bond acceptors (Lipinski definition) is 2. The van der Waals surface area contributed by atoms with Crippen molar-refractivity contribution in [2.24, 2.45) is 0 Å². The van der Waals surface area contributed by atoms with E-state index in [1.165, 1.54) is 17.2 Å². The van der Waals surface area contributed by atoms with Gasteiger partial charge < -0.3 is 10.2 Å². The minimum absolute atomic E-state index is 0.173. The van der Waals surface area contributed by atoms with Crippen LogP contribution in [0.3, 0.4) is 0 Å². The van der Waals surface area contributed by atoms with Gasteiger partial charge in [-0.05, 0) is 42.7 Å². The van der Waals surface area contributed by atoms with Crippen molar-refractivity contribution in [2.75, 3.05) is 18.0 Å². The predicted octanol–water partition coefficient (Wildman–Crippen LogP) is 3.37. The van der Waals surface area contributed by atoms with Gasteiger partial charge >= 0.3 is 0 Å². The van der Waals surface area contributed by atoms with E-state index in [9.17, 15) is 4.39 Å². The Balaban J connectivity index is 1.71. The second-order valence-corrected chi connectivity index (χ2v) is 5.57. The Kier molecular flexibility index (Phi) is 4.20. The second-order valence-electron chi connectivity index (χ2n) is 5.57. The van der Waals surface area contributed by atoms with Crippen molar-refractivity contribution in [3.63, 3.8) is 0 Å². The number of anilines is 1. The number of hydrogen-bond donors (Lipinski definition) is 1. The van der Waals surface area contributed by atoms with E-state index in [2.05, 4.69) is 41.4 Å². The summed E-state index contributed by atoms with van der Waals surface area (Å²) in [6, 6.07) is 15.8. The maximum Gasteiger partial charge on any atom is 0.125 e. The van der Waals surface area contributed by atoms with E-state index >= 15 is 0 Å². The summed E-state index contributed by atoms with van der Waals surface area (Å²) >= 11 is 0. The van der Waals surface area contributed by atoms with Crippen LogP contribution in [0, 0.1) is 5.82 Å². The van der Waals surface area contributed by atoms with Crippen LogP contribution in [0.1, 0.15) is 18.1 Å². The smallest absolute Gasteiger partial charge is 0.125 e. The summed E-state index contributed by atoms with van der Waals surface area (Å²) in [6.45, 7) is 4.81. The molecular weight excluding hydrogens is 263 g/mol. The van der Waals surface area contributed by atoms with Crippen LogP contribution in [0.5, 0.6) is 0 Å². The quantitative estimate of drug-likeness (QED) is 0.926. The van der Waals surface area contributed by atoms with Gasteiger partial charge in [-0.15, -0.1) is 0 Å². The monoisotopic (exact) mass is 284 g/mol. The van der Waals surface area contributed by atoms with E-state index in [-0.39, 0.29) is 5.82 Å². The fourth-order valence-corrected chi connectivity index (χ4v) is 3.01. The summed E-state index contributed by atoms with van der Waals surface area (Å²) in [5.74, 6) is -0.173. The SMILES string of the molecule is CCN(CC1Cc2ccccc2CN1)c1cccc(F)c1. The Labute approximate surface area is 125 Å². The van der Waals surface area contributed by atoms with Gasteiger partial charge in [-0.25, -0.2) is 4.39 Å². The third kappa shape index (κ3) is 3.24. The zero-order chi connectivity index (χ0) is 14.7. The van der Waals surface area contributed by atoms with Crippen molar-refractivity contribution >= 4 is 5.69 Å². The molecule has 0 spiro atoms. The Morgan fingerprint density at radius 2 is 1.95 bits per heavy atom. The van der Waals surface area contributed by atoms with E-state index in [4.69, 9.17) is 0 Å². The summed E-state index contributed by atoms with van der Waals surface area (Å²) in [6.07, 6.45) is 1.03. The largest absolute Gasteiger partial charge is 0.370 e. The van der Waals surface area contributed by atoms with Crippen LogP contribution in [0.15, 0.2) is 48.5 Å². The number of halogens is 1. The average molecular weight is 284 g/mol. The van der Waals surface area contributed by atoms with E-state index in [0.717, 1.165) is 31.7 Å². The fraction of sp³-hybridized carbons (Fsp3) is 0.333. The molecule has 21 heavy (non-hydrogen) atoms. The minimum atomic E-state index is -0.173. The molecule has 0 aliphatic carbocycles. The van der Waals surface area contributed by atoms with Crippen LogP contribution in [0.2, 0.25) is 0 Å². The van der Waals surface area contributed by atoms with Gasteiger partial charge in [0.05, 0.1) is 0 Å². The van der Waals surface area contributed by atoms with E-state index in [1.54, 1.807) is 12.1 Å². The number of nitrogens with one attached hydrogen (secondary N) is 1. The Bertz CT molecular complexity index is 612. The average Bonchev–Trinajstić information content (AvgIpc) is 2.52. The molecule has 3 heteroatoms. The summed E-state index contributed by atoms with van der Waals surface area (Å²) in [4.78, 5) is 2.23. The topological polar surface area (TPSA) is 15.3 Å². The molecule has 1 aliphatic rings. The maximum atomic E-state index is 13.4. The summed E-state index contributed by atoms with van der Waals surface area (Å²) in [5, 5.41) is 3.59. The van der Waals surface area contributed by atoms with E-state index in [1.807, 2.05) is 6.07 Å². The van der Waals surface area contributed by atoms with Gasteiger partial charge in [0.1, 0.15) is 5.82 Å². The molecule has 0 radical (unpaired) electrons. The third-order valence-corrected chi connectivity index (χ3v) is 4.16. The number of rotatable bonds is 4. The Morgan fingerprint density at radius 1 is 1.14 bits per heavy atom. The second kappa shape index (κ2) is 6.27. The molecule has 0 amide bonds. The van der Waals surface area contributed by atoms with Crippen LogP contribution in [-0.2, 0) is 13.0 Å². The van der Waals surface area contributed by atoms with E-state index in [0.29, 0.717) is 6.04 Å². The van der Waals surface area contributed by atoms with Crippen molar-refractivity contribution in [1.29, 1.82) is 0 Å². The molecule has 2 nitrogen and oxygen atoms in total. The summed E-state index contributed by atoms with van der Waals surface area (Å²) in [7, 11) is 0. The number of likely N-dealkylation sites (N-methyl/N-ethyl adjacent to an activating group) is 1. The lowest BCUT2D eigenvalue weighted by Crippen LogP contribution is -2.44. The minimum Gasteiger partial charge on any atom is -0.370 e. The lowest BCUT2D eigenvalue weighted by molar-refractivity contribution is 0.474. The van der Waals surface area contributed by atoms with Crippen LogP contribution in [0.25, 0.3) is 0 Å². The van der Waals surface area contributed by atoms with Crippen molar-refractivity contribution < 1.29 is 4.39 Å². The van der Waals surface area contributed by atoms with Crippen molar-refractivity contribution in [1.82, 2.24) is 5.32 Å². The molecule has 0 fully saturated rings. The highest BCUT2D eigenvalue weighted by molar-refractivity contribution is 5.46. The number of benzene rings is 2. The van der Waals surface area contributed by atoms with Crippen molar-refractivity contribution in [3.05, 3.63) is 65.5 Å². The first-order chi connectivity index (χ1) is 10.3. The highest BCUT2D eigenvalue weighted by atomic mass is 19.1. The Morgan fingerprint density at radius 3 is 2.71 bits per heavy atom. The Hall–Kier alpha value is -1.87. The van der Waals surface area contributed by atoms with Crippen LogP contribution in [0.4, 0.5) is 10.1 Å². The zero-order valence-electron chi connectivity index (χ0n) is 12.3. The molecule has 110 valence electrons. The molecule has 3 rings (SSSR count). The zero-order valence-corrected chi connectivity index (χ0v) is 12.3. The van der Waals surface area contributed by atoms with Crippen molar-refractivity contribution in [2.45, 2.75) is 25.9 Å². The maximum absolute atomic E-state index is 13.4. The van der Waals surface area contributed by atoms with Gasteiger partial charge in [-0.1, -0.05) is 30.3 Å². The molecule has 1 N–H and O–H groups in total. The summed E-state index contributed by atoms with van der Waals surface area (Å²) < 4.78 is 13.4. The third-order valence-electron chi connectivity index (χ3n) is 4.16. The van der Waals surface area contributed by atoms with Crippen LogP contribution in [-0.4, -0.2) is 19.1 Å².